The van der Waals surface area contributed by atoms with Gasteiger partial charge in [-0.25, -0.2) is 8.42 Å². The van der Waals surface area contributed by atoms with Crippen LogP contribution in [-0.2, 0) is 46.9 Å². The average Bonchev–Trinajstić information content (AvgIpc) is 3.03. The van der Waals surface area contributed by atoms with Crippen LogP contribution in [0.4, 0.5) is 5.69 Å². The van der Waals surface area contributed by atoms with Crippen molar-refractivity contribution in [1.82, 2.24) is 0 Å². The molecular formula is C24H35NO14S4. The average molecular weight is 690 g/mol. The Morgan fingerprint density at radius 1 is 0.884 bits per heavy atom. The Morgan fingerprint density at radius 3 is 1.81 bits per heavy atom. The van der Waals surface area contributed by atoms with Gasteiger partial charge in [0.2, 0.25) is 5.69 Å². The Bertz CT molecular complexity index is 1620. The van der Waals surface area contributed by atoms with Crippen LogP contribution in [0.1, 0.15) is 98.9 Å². The van der Waals surface area contributed by atoms with Gasteiger partial charge in [-0.1, -0.05) is 13.8 Å². The summed E-state index contributed by atoms with van der Waals surface area (Å²) in [5.74, 6) is -1.24. The summed E-state index contributed by atoms with van der Waals surface area (Å²) < 4.78 is 118. The molecule has 0 bridgehead atoms. The Hall–Kier alpha value is -2.71. The van der Waals surface area contributed by atoms with Gasteiger partial charge in [-0.2, -0.15) is 13.0 Å². The largest absolute Gasteiger partial charge is 0.748 e. The minimum atomic E-state index is -4.42. The van der Waals surface area contributed by atoms with E-state index < -0.39 is 58.4 Å². The smallest absolute Gasteiger partial charge is 0.425 e. The van der Waals surface area contributed by atoms with Gasteiger partial charge in [0, 0.05) is 49.1 Å². The molecule has 244 valence electrons. The maximum absolute atomic E-state index is 13.2. The van der Waals surface area contributed by atoms with Gasteiger partial charge >= 0.3 is 21.2 Å². The Labute approximate surface area is 254 Å². The van der Waals surface area contributed by atoms with E-state index >= 15 is 0 Å². The molecule has 19 heteroatoms. The molecule has 1 aliphatic rings. The number of Topliss-reactive ketones (excluding diaryl/α,β-unsaturated/α-hetero) is 2. The van der Waals surface area contributed by atoms with Crippen molar-refractivity contribution in [3.63, 3.8) is 0 Å². The predicted molar refractivity (Wildman–Crippen MR) is 152 cm³/mol. The number of ketones is 2. The standard InChI is InChI=1S/C24H35NO8S2.2O3S/c1-5-9-21(26)18-15-19(22(27)10-6-2)23-20(16-18)25(12-8-14-35(31,32)33)17(3)24(23,4)11-7-13-34(28,29)30;2*1-4(2)3/h15-16H,5-14H2,1-4H3,(H-,28,29,30,31,32,33);;. The van der Waals surface area contributed by atoms with Crippen LogP contribution in [0.15, 0.2) is 12.1 Å². The highest BCUT2D eigenvalue weighted by Crippen LogP contribution is 2.46. The summed E-state index contributed by atoms with van der Waals surface area (Å²) in [5.41, 5.74) is 2.03. The number of hydrogen-bond donors (Lipinski definition) is 1. The van der Waals surface area contributed by atoms with E-state index in [0.717, 1.165) is 5.71 Å². The topological polar surface area (TPSA) is 251 Å². The number of nitrogens with zero attached hydrogens (tertiary/aromatic N) is 1. The van der Waals surface area contributed by atoms with Crippen LogP contribution in [0, 0.1) is 0 Å². The molecule has 0 radical (unpaired) electrons. The van der Waals surface area contributed by atoms with Crippen molar-refractivity contribution in [1.29, 1.82) is 0 Å². The Balaban J connectivity index is 0.00000195. The summed E-state index contributed by atoms with van der Waals surface area (Å²) in [7, 11) is -14.8. The first kappa shape index (κ1) is 40.3. The molecule has 1 aliphatic heterocycles. The summed E-state index contributed by atoms with van der Waals surface area (Å²) >= 11 is 0. The maximum atomic E-state index is 13.2. The van der Waals surface area contributed by atoms with E-state index in [-0.39, 0.29) is 37.4 Å². The van der Waals surface area contributed by atoms with E-state index in [2.05, 4.69) is 0 Å². The fourth-order valence-electron chi connectivity index (χ4n) is 4.79. The van der Waals surface area contributed by atoms with Gasteiger partial charge < -0.3 is 4.55 Å². The first-order valence-electron chi connectivity index (χ1n) is 12.9. The second kappa shape index (κ2) is 17.6. The second-order valence-electron chi connectivity index (χ2n) is 9.75. The number of fused-ring (bicyclic) bond motifs is 1. The van der Waals surface area contributed by atoms with Crippen molar-refractivity contribution in [3.05, 3.63) is 28.8 Å². The highest BCUT2D eigenvalue weighted by Gasteiger charge is 2.49. The highest BCUT2D eigenvalue weighted by atomic mass is 32.2. The predicted octanol–water partition coefficient (Wildman–Crippen LogP) is 1.62. The molecule has 1 unspecified atom stereocenters. The molecule has 15 nitrogen and oxygen atoms in total. The molecule has 43 heavy (non-hydrogen) atoms. The van der Waals surface area contributed by atoms with Gasteiger partial charge in [-0.05, 0) is 38.7 Å². The van der Waals surface area contributed by atoms with E-state index in [4.69, 9.17) is 25.3 Å². The first-order valence-corrected chi connectivity index (χ1v) is 18.1. The third-order valence-corrected chi connectivity index (χ3v) is 8.19. The molecule has 0 spiro atoms. The second-order valence-corrected chi connectivity index (χ2v) is 13.7. The van der Waals surface area contributed by atoms with Gasteiger partial charge in [0.15, 0.2) is 17.3 Å². The molecule has 1 aromatic carbocycles. The van der Waals surface area contributed by atoms with Crippen LogP contribution < -0.4 is 0 Å². The lowest BCUT2D eigenvalue weighted by molar-refractivity contribution is -0.438. The van der Waals surface area contributed by atoms with Crippen molar-refractivity contribution >= 4 is 64.4 Å². The van der Waals surface area contributed by atoms with Crippen molar-refractivity contribution in [2.75, 3.05) is 18.1 Å². The zero-order chi connectivity index (χ0) is 33.8. The maximum Gasteiger partial charge on any atom is 0.425 e. The number of hydrogen-bond acceptors (Lipinski definition) is 13. The molecular weight excluding hydrogens is 655 g/mol. The van der Waals surface area contributed by atoms with Crippen molar-refractivity contribution in [2.45, 2.75) is 78.1 Å². The molecule has 1 aromatic rings. The van der Waals surface area contributed by atoms with E-state index in [1.807, 2.05) is 32.3 Å². The van der Waals surface area contributed by atoms with E-state index in [0.29, 0.717) is 48.1 Å². The van der Waals surface area contributed by atoms with Crippen LogP contribution in [0.2, 0.25) is 0 Å². The molecule has 0 saturated carbocycles. The van der Waals surface area contributed by atoms with Crippen molar-refractivity contribution < 1.29 is 65.4 Å². The van der Waals surface area contributed by atoms with E-state index in [1.54, 1.807) is 12.1 Å². The quantitative estimate of drug-likeness (QED) is 0.166. The summed E-state index contributed by atoms with van der Waals surface area (Å²) in [6.07, 6.45) is 2.31. The van der Waals surface area contributed by atoms with E-state index in [9.17, 15) is 35.5 Å². The molecule has 0 amide bonds. The molecule has 1 atom stereocenters. The monoisotopic (exact) mass is 689 g/mol. The summed E-state index contributed by atoms with van der Waals surface area (Å²) in [5, 5.41) is 0. The fraction of sp³-hybridized carbons (Fsp3) is 0.625. The summed E-state index contributed by atoms with van der Waals surface area (Å²) in [6, 6.07) is 3.33. The highest BCUT2D eigenvalue weighted by molar-refractivity contribution is 7.85. The lowest BCUT2D eigenvalue weighted by Crippen LogP contribution is -2.32. The molecule has 0 fully saturated rings. The van der Waals surface area contributed by atoms with Gasteiger partial charge in [-0.15, -0.1) is 25.3 Å². The molecule has 0 saturated heterocycles. The normalized spacial score (nSPS) is 15.9. The van der Waals surface area contributed by atoms with Crippen LogP contribution in [0.5, 0.6) is 0 Å². The van der Waals surface area contributed by atoms with Gasteiger partial charge in [0.1, 0.15) is 6.54 Å². The van der Waals surface area contributed by atoms with Crippen LogP contribution in [0.25, 0.3) is 0 Å². The minimum absolute atomic E-state index is 0.0507. The van der Waals surface area contributed by atoms with Crippen LogP contribution >= 0.6 is 0 Å². The van der Waals surface area contributed by atoms with Gasteiger partial charge in [0.05, 0.1) is 26.8 Å². The van der Waals surface area contributed by atoms with E-state index in [1.165, 1.54) is 0 Å². The van der Waals surface area contributed by atoms with Gasteiger partial charge in [-0.3, -0.25) is 14.1 Å². The van der Waals surface area contributed by atoms with Gasteiger partial charge in [0.25, 0.3) is 10.1 Å². The molecule has 1 N–H and O–H groups in total. The van der Waals surface area contributed by atoms with Crippen LogP contribution in [0.3, 0.4) is 0 Å². The molecule has 2 rings (SSSR count). The lowest BCUT2D eigenvalue weighted by atomic mass is 9.73. The number of carbonyl (C=O) groups excluding carboxylic acids is 2. The summed E-state index contributed by atoms with van der Waals surface area (Å²) in [6.45, 7) is 7.64. The molecule has 0 aliphatic carbocycles. The molecule has 1 heterocycles. The number of carbonyl (C=O) groups is 2. The number of rotatable bonds is 14. The minimum Gasteiger partial charge on any atom is -0.748 e. The Morgan fingerprint density at radius 2 is 1.37 bits per heavy atom. The first-order chi connectivity index (χ1) is 19.6. The van der Waals surface area contributed by atoms with Crippen molar-refractivity contribution in [3.8, 4) is 0 Å². The third kappa shape index (κ3) is 14.1. The number of benzene rings is 1. The lowest BCUT2D eigenvalue weighted by Gasteiger charge is -2.24. The van der Waals surface area contributed by atoms with Crippen molar-refractivity contribution in [2.24, 2.45) is 0 Å². The van der Waals surface area contributed by atoms with Crippen LogP contribution in [-0.4, -0.2) is 91.1 Å². The third-order valence-electron chi connectivity index (χ3n) is 6.60. The molecule has 0 aromatic heterocycles. The zero-order valence-corrected chi connectivity index (χ0v) is 27.3. The fourth-order valence-corrected chi connectivity index (χ4v) is 5.79. The summed E-state index contributed by atoms with van der Waals surface area (Å²) in [4.78, 5) is 26.0. The zero-order valence-electron chi connectivity index (χ0n) is 24.1. The Kier molecular flexibility index (Phi) is 16.4. The SMILES string of the molecule is CCCC(=O)c1cc(C(=O)CCC)c2c(c1)[N+](CCCS(=O)(=O)[O-])=C(C)C2(C)CCCS(=O)(=O)O.O=S(=O)=O.O=S(=O)=O.